The van der Waals surface area contributed by atoms with Crippen LogP contribution in [0.15, 0.2) is 29.2 Å². The van der Waals surface area contributed by atoms with Crippen LogP contribution in [0.1, 0.15) is 6.92 Å². The molecule has 2 rings (SSSR count). The summed E-state index contributed by atoms with van der Waals surface area (Å²) in [6.45, 7) is 3.40. The molecular formula is C13H16N4O4S. The molecule has 0 aliphatic carbocycles. The number of hydrogen-bond acceptors (Lipinski definition) is 6. The summed E-state index contributed by atoms with van der Waals surface area (Å²) in [5.41, 5.74) is -0.157. The van der Waals surface area contributed by atoms with Crippen molar-refractivity contribution in [2.45, 2.75) is 17.9 Å². The van der Waals surface area contributed by atoms with E-state index in [9.17, 15) is 18.5 Å². The second-order valence-electron chi connectivity index (χ2n) is 5.23. The Balaban J connectivity index is 1.94. The summed E-state index contributed by atoms with van der Waals surface area (Å²) in [5.74, 6) is 0.0220. The summed E-state index contributed by atoms with van der Waals surface area (Å²) >= 11 is 0. The minimum atomic E-state index is -3.70. The molecule has 8 nitrogen and oxygen atoms in total. The predicted molar refractivity (Wildman–Crippen MR) is 78.4 cm³/mol. The first-order chi connectivity index (χ1) is 10.3. The molecule has 0 aromatic heterocycles. The largest absolute Gasteiger partial charge is 0.297 e. The van der Waals surface area contributed by atoms with Gasteiger partial charge in [0.1, 0.15) is 0 Å². The van der Waals surface area contributed by atoms with Gasteiger partial charge in [-0.2, -0.15) is 5.26 Å². The average molecular weight is 324 g/mol. The highest BCUT2D eigenvalue weighted by molar-refractivity contribution is 7.89. The van der Waals surface area contributed by atoms with E-state index < -0.39 is 14.9 Å². The van der Waals surface area contributed by atoms with Crippen molar-refractivity contribution >= 4 is 15.7 Å². The highest BCUT2D eigenvalue weighted by atomic mass is 32.2. The van der Waals surface area contributed by atoms with Crippen LogP contribution in [0.5, 0.6) is 0 Å². The zero-order valence-electron chi connectivity index (χ0n) is 12.0. The highest BCUT2D eigenvalue weighted by Crippen LogP contribution is 2.18. The molecule has 0 amide bonds. The van der Waals surface area contributed by atoms with Gasteiger partial charge in [-0.3, -0.25) is 15.0 Å². The normalized spacial score (nSPS) is 17.5. The molecule has 0 radical (unpaired) electrons. The van der Waals surface area contributed by atoms with Gasteiger partial charge in [0.2, 0.25) is 10.0 Å². The van der Waals surface area contributed by atoms with Gasteiger partial charge in [0.15, 0.2) is 0 Å². The first-order valence-electron chi connectivity index (χ1n) is 6.71. The number of nitrogens with zero attached hydrogens (tertiary/aromatic N) is 3. The third-order valence-electron chi connectivity index (χ3n) is 3.64. The maximum Gasteiger partial charge on any atom is 0.269 e. The number of likely N-dealkylation sites (tertiary alicyclic amines) is 1. The van der Waals surface area contributed by atoms with Crippen molar-refractivity contribution in [1.29, 1.82) is 5.26 Å². The molecule has 1 aromatic carbocycles. The van der Waals surface area contributed by atoms with Gasteiger partial charge in [-0.1, -0.05) is 0 Å². The van der Waals surface area contributed by atoms with Crippen molar-refractivity contribution in [3.63, 3.8) is 0 Å². The van der Waals surface area contributed by atoms with Gasteiger partial charge in [0, 0.05) is 37.8 Å². The van der Waals surface area contributed by atoms with Gasteiger partial charge >= 0.3 is 0 Å². The molecule has 1 aliphatic rings. The van der Waals surface area contributed by atoms with Crippen molar-refractivity contribution in [3.8, 4) is 6.07 Å². The molecule has 1 saturated heterocycles. The summed E-state index contributed by atoms with van der Waals surface area (Å²) < 4.78 is 26.7. The van der Waals surface area contributed by atoms with Crippen LogP contribution in [0.25, 0.3) is 0 Å². The second-order valence-corrected chi connectivity index (χ2v) is 7.00. The maximum atomic E-state index is 12.1. The molecule has 1 aliphatic heterocycles. The fraction of sp³-hybridized carbons (Fsp3) is 0.462. The molecule has 0 saturated carbocycles. The summed E-state index contributed by atoms with van der Waals surface area (Å²) in [6, 6.07) is 6.88. The van der Waals surface area contributed by atoms with Gasteiger partial charge < -0.3 is 0 Å². The van der Waals surface area contributed by atoms with E-state index in [1.165, 1.54) is 12.1 Å². The van der Waals surface area contributed by atoms with E-state index in [0.717, 1.165) is 12.1 Å². The number of nitro benzene ring substituents is 1. The fourth-order valence-corrected chi connectivity index (χ4v) is 3.27. The lowest BCUT2D eigenvalue weighted by molar-refractivity contribution is -0.384. The minimum absolute atomic E-state index is 0.0104. The zero-order chi connectivity index (χ0) is 16.3. The van der Waals surface area contributed by atoms with Gasteiger partial charge in [-0.25, -0.2) is 13.1 Å². The van der Waals surface area contributed by atoms with E-state index in [4.69, 9.17) is 5.26 Å². The summed E-state index contributed by atoms with van der Waals surface area (Å²) in [6.07, 6.45) is 0. The number of nitro groups is 1. The Hall–Kier alpha value is -2.02. The Kier molecular flexibility index (Phi) is 4.75. The number of nitrogens with one attached hydrogen (secondary N) is 1. The van der Waals surface area contributed by atoms with E-state index in [0.29, 0.717) is 13.1 Å². The van der Waals surface area contributed by atoms with E-state index in [2.05, 4.69) is 10.8 Å². The van der Waals surface area contributed by atoms with E-state index in [1.54, 1.807) is 0 Å². The zero-order valence-corrected chi connectivity index (χ0v) is 12.8. The lowest BCUT2D eigenvalue weighted by Gasteiger charge is -2.39. The second kappa shape index (κ2) is 6.39. The topological polar surface area (TPSA) is 116 Å². The Morgan fingerprint density at radius 1 is 1.45 bits per heavy atom. The van der Waals surface area contributed by atoms with E-state index in [1.807, 2.05) is 11.8 Å². The standard InChI is InChI=1S/C13H16N4O4S/c1-10(16-8-11(6-14)9-16)7-15-22(20,21)13-4-2-12(3-5-13)17(18)19/h2-5,10-11,15H,7-9H2,1H3/t10-/m1/s1. The molecular weight excluding hydrogens is 308 g/mol. The van der Waals surface area contributed by atoms with Crippen LogP contribution in [-0.4, -0.2) is 43.9 Å². The first-order valence-corrected chi connectivity index (χ1v) is 8.19. The molecule has 22 heavy (non-hydrogen) atoms. The number of sulfonamides is 1. The Bertz CT molecular complexity index is 690. The highest BCUT2D eigenvalue weighted by Gasteiger charge is 2.30. The smallest absolute Gasteiger partial charge is 0.269 e. The monoisotopic (exact) mass is 324 g/mol. The fourth-order valence-electron chi connectivity index (χ4n) is 2.14. The molecule has 1 aromatic rings. The molecule has 0 spiro atoms. The Morgan fingerprint density at radius 3 is 2.55 bits per heavy atom. The molecule has 118 valence electrons. The van der Waals surface area contributed by atoms with Crippen molar-refractivity contribution in [3.05, 3.63) is 34.4 Å². The lowest BCUT2D eigenvalue weighted by atomic mass is 10.00. The van der Waals surface area contributed by atoms with Crippen molar-refractivity contribution in [1.82, 2.24) is 9.62 Å². The van der Waals surface area contributed by atoms with Crippen LogP contribution >= 0.6 is 0 Å². The minimum Gasteiger partial charge on any atom is -0.297 e. The summed E-state index contributed by atoms with van der Waals surface area (Å²) in [4.78, 5) is 12.0. The summed E-state index contributed by atoms with van der Waals surface area (Å²) in [5, 5.41) is 19.3. The third kappa shape index (κ3) is 3.59. The van der Waals surface area contributed by atoms with Gasteiger partial charge in [0.05, 0.1) is 21.8 Å². The molecule has 1 N–H and O–H groups in total. The van der Waals surface area contributed by atoms with E-state index >= 15 is 0 Å². The third-order valence-corrected chi connectivity index (χ3v) is 5.08. The predicted octanol–water partition coefficient (Wildman–Crippen LogP) is 0.717. The molecule has 1 fully saturated rings. The van der Waals surface area contributed by atoms with Gasteiger partial charge in [-0.05, 0) is 19.1 Å². The van der Waals surface area contributed by atoms with Crippen LogP contribution in [-0.2, 0) is 10.0 Å². The van der Waals surface area contributed by atoms with Crippen LogP contribution in [0, 0.1) is 27.4 Å². The van der Waals surface area contributed by atoms with Crippen molar-refractivity contribution in [2.24, 2.45) is 5.92 Å². The van der Waals surface area contributed by atoms with Crippen molar-refractivity contribution < 1.29 is 13.3 Å². The Morgan fingerprint density at radius 2 is 2.05 bits per heavy atom. The number of benzene rings is 1. The number of rotatable bonds is 6. The first kappa shape index (κ1) is 16.4. The number of non-ortho nitro benzene ring substituents is 1. The van der Waals surface area contributed by atoms with Crippen LogP contribution in [0.4, 0.5) is 5.69 Å². The van der Waals surface area contributed by atoms with Crippen molar-refractivity contribution in [2.75, 3.05) is 19.6 Å². The quantitative estimate of drug-likeness (QED) is 0.608. The number of nitriles is 1. The SMILES string of the molecule is C[C@H](CNS(=O)(=O)c1ccc([N+](=O)[O-])cc1)N1CC(C#N)C1. The van der Waals surface area contributed by atoms with Crippen LogP contribution in [0.2, 0.25) is 0 Å². The lowest BCUT2D eigenvalue weighted by Crippen LogP contribution is -2.53. The van der Waals surface area contributed by atoms with E-state index in [-0.39, 0.29) is 29.1 Å². The summed E-state index contributed by atoms with van der Waals surface area (Å²) in [7, 11) is -3.70. The van der Waals surface area contributed by atoms with Crippen LogP contribution < -0.4 is 4.72 Å². The average Bonchev–Trinajstić information content (AvgIpc) is 2.44. The number of hydrogen-bond donors (Lipinski definition) is 1. The van der Waals surface area contributed by atoms with Gasteiger partial charge in [0.25, 0.3) is 5.69 Å². The molecule has 0 bridgehead atoms. The van der Waals surface area contributed by atoms with Gasteiger partial charge in [-0.15, -0.1) is 0 Å². The molecule has 1 heterocycles. The Labute approximate surface area is 128 Å². The van der Waals surface area contributed by atoms with Crippen LogP contribution in [0.3, 0.4) is 0 Å². The molecule has 9 heteroatoms. The molecule has 0 unspecified atom stereocenters. The maximum absolute atomic E-state index is 12.1. The molecule has 1 atom stereocenters.